The third kappa shape index (κ3) is 3.19. The number of halogens is 1. The zero-order valence-electron chi connectivity index (χ0n) is 7.25. The first-order chi connectivity index (χ1) is 6.24. The summed E-state index contributed by atoms with van der Waals surface area (Å²) >= 11 is 2.06. The average Bonchev–Trinajstić information content (AvgIpc) is 2.09. The minimum absolute atomic E-state index is 0.0650. The van der Waals surface area contributed by atoms with Crippen molar-refractivity contribution in [3.05, 3.63) is 26.2 Å². The second-order valence-electron chi connectivity index (χ2n) is 2.41. The molecule has 13 heavy (non-hydrogen) atoms. The van der Waals surface area contributed by atoms with Crippen LogP contribution < -0.4 is 5.56 Å². The Bertz CT molecular complexity index is 400. The van der Waals surface area contributed by atoms with Crippen LogP contribution in [-0.4, -0.2) is 9.78 Å². The molecule has 1 aromatic heterocycles. The lowest BCUT2D eigenvalue weighted by molar-refractivity contribution is 0.588. The van der Waals surface area contributed by atoms with E-state index in [0.29, 0.717) is 13.0 Å². The van der Waals surface area contributed by atoms with Gasteiger partial charge < -0.3 is 0 Å². The molecular formula is C9H9IN2O. The number of aryl methyl sites for hydroxylation is 1. The predicted molar refractivity (Wildman–Crippen MR) is 59.3 cm³/mol. The van der Waals surface area contributed by atoms with Gasteiger partial charge in [-0.05, 0) is 29.5 Å². The Morgan fingerprint density at radius 3 is 3.08 bits per heavy atom. The number of hydrogen-bond acceptors (Lipinski definition) is 2. The topological polar surface area (TPSA) is 34.9 Å². The van der Waals surface area contributed by atoms with Gasteiger partial charge in [0, 0.05) is 16.1 Å². The van der Waals surface area contributed by atoms with E-state index >= 15 is 0 Å². The zero-order chi connectivity index (χ0) is 9.68. The Kier molecular flexibility index (Phi) is 3.96. The minimum Gasteiger partial charge on any atom is -0.268 e. The predicted octanol–water partition coefficient (Wildman–Crippen LogP) is 1.26. The van der Waals surface area contributed by atoms with Crippen LogP contribution in [0, 0.1) is 15.4 Å². The van der Waals surface area contributed by atoms with Crippen LogP contribution in [-0.2, 0) is 6.54 Å². The van der Waals surface area contributed by atoms with Crippen molar-refractivity contribution >= 4 is 22.6 Å². The third-order valence-electron chi connectivity index (χ3n) is 1.46. The van der Waals surface area contributed by atoms with Gasteiger partial charge in [-0.15, -0.1) is 11.8 Å². The van der Waals surface area contributed by atoms with E-state index in [4.69, 9.17) is 0 Å². The quantitative estimate of drug-likeness (QED) is 0.606. The molecule has 0 aliphatic rings. The van der Waals surface area contributed by atoms with Gasteiger partial charge in [0.1, 0.15) is 0 Å². The van der Waals surface area contributed by atoms with Crippen molar-refractivity contribution in [1.82, 2.24) is 9.78 Å². The van der Waals surface area contributed by atoms with Gasteiger partial charge in [-0.1, -0.05) is 0 Å². The molecule has 1 rings (SSSR count). The first kappa shape index (κ1) is 10.3. The van der Waals surface area contributed by atoms with Gasteiger partial charge in [0.05, 0.1) is 12.7 Å². The lowest BCUT2D eigenvalue weighted by atomic mass is 10.4. The van der Waals surface area contributed by atoms with Crippen LogP contribution in [0.1, 0.15) is 13.3 Å². The fourth-order valence-electron chi connectivity index (χ4n) is 0.866. The molecule has 0 radical (unpaired) electrons. The van der Waals surface area contributed by atoms with Gasteiger partial charge in [0.15, 0.2) is 0 Å². The van der Waals surface area contributed by atoms with Crippen LogP contribution in [0.15, 0.2) is 17.1 Å². The van der Waals surface area contributed by atoms with Gasteiger partial charge in [-0.25, -0.2) is 4.68 Å². The summed E-state index contributed by atoms with van der Waals surface area (Å²) in [6, 6.07) is 1.56. The molecule has 0 saturated carbocycles. The van der Waals surface area contributed by atoms with Crippen molar-refractivity contribution < 1.29 is 0 Å². The summed E-state index contributed by atoms with van der Waals surface area (Å²) in [5.41, 5.74) is -0.0650. The molecule has 0 saturated heterocycles. The maximum Gasteiger partial charge on any atom is 0.267 e. The fraction of sp³-hybridized carbons (Fsp3) is 0.333. The fourth-order valence-corrected chi connectivity index (χ4v) is 1.26. The molecule has 0 atom stereocenters. The monoisotopic (exact) mass is 288 g/mol. The summed E-state index contributed by atoms with van der Waals surface area (Å²) in [5, 5.41) is 3.98. The molecule has 0 amide bonds. The second-order valence-corrected chi connectivity index (χ2v) is 3.66. The summed E-state index contributed by atoms with van der Waals surface area (Å²) in [6.45, 7) is 2.35. The van der Waals surface area contributed by atoms with Crippen molar-refractivity contribution in [3.63, 3.8) is 0 Å². The second kappa shape index (κ2) is 5.02. The molecule has 0 N–H and O–H groups in total. The van der Waals surface area contributed by atoms with Gasteiger partial charge in [0.25, 0.3) is 5.56 Å². The van der Waals surface area contributed by atoms with E-state index in [1.54, 1.807) is 19.2 Å². The Hall–Kier alpha value is -0.830. The Morgan fingerprint density at radius 2 is 2.46 bits per heavy atom. The normalized spacial score (nSPS) is 9.08. The summed E-state index contributed by atoms with van der Waals surface area (Å²) in [7, 11) is 0. The SMILES string of the molecule is CC#CCCn1ncc(I)cc1=O. The minimum atomic E-state index is -0.0650. The van der Waals surface area contributed by atoms with E-state index in [1.807, 2.05) is 0 Å². The van der Waals surface area contributed by atoms with E-state index in [1.165, 1.54) is 4.68 Å². The van der Waals surface area contributed by atoms with Crippen LogP contribution >= 0.6 is 22.6 Å². The zero-order valence-corrected chi connectivity index (χ0v) is 9.41. The van der Waals surface area contributed by atoms with E-state index in [0.717, 1.165) is 3.57 Å². The van der Waals surface area contributed by atoms with Gasteiger partial charge in [0.2, 0.25) is 0 Å². The summed E-state index contributed by atoms with van der Waals surface area (Å²) in [5.74, 6) is 5.66. The molecule has 68 valence electrons. The summed E-state index contributed by atoms with van der Waals surface area (Å²) < 4.78 is 2.28. The highest BCUT2D eigenvalue weighted by Crippen LogP contribution is 1.95. The summed E-state index contributed by atoms with van der Waals surface area (Å²) in [6.07, 6.45) is 2.34. The standard InChI is InChI=1S/C9H9IN2O/c1-2-3-4-5-12-9(13)6-8(10)7-11-12/h6-7H,4-5H2,1H3. The van der Waals surface area contributed by atoms with Gasteiger partial charge in [-0.2, -0.15) is 5.10 Å². The van der Waals surface area contributed by atoms with Crippen LogP contribution in [0.2, 0.25) is 0 Å². The molecule has 0 aliphatic carbocycles. The van der Waals surface area contributed by atoms with E-state index in [2.05, 4.69) is 39.5 Å². The highest BCUT2D eigenvalue weighted by molar-refractivity contribution is 14.1. The van der Waals surface area contributed by atoms with Gasteiger partial charge >= 0.3 is 0 Å². The molecule has 1 heterocycles. The molecule has 0 fully saturated rings. The van der Waals surface area contributed by atoms with E-state index < -0.39 is 0 Å². The van der Waals surface area contributed by atoms with Crippen molar-refractivity contribution in [3.8, 4) is 11.8 Å². The van der Waals surface area contributed by atoms with Crippen molar-refractivity contribution in [2.45, 2.75) is 19.9 Å². The number of hydrogen-bond donors (Lipinski definition) is 0. The maximum atomic E-state index is 11.3. The highest BCUT2D eigenvalue weighted by atomic mass is 127. The average molecular weight is 288 g/mol. The highest BCUT2D eigenvalue weighted by Gasteiger charge is 1.95. The van der Waals surface area contributed by atoms with Crippen molar-refractivity contribution in [2.24, 2.45) is 0 Å². The molecule has 0 spiro atoms. The lowest BCUT2D eigenvalue weighted by Gasteiger charge is -1.99. The number of nitrogens with zero attached hydrogens (tertiary/aromatic N) is 2. The van der Waals surface area contributed by atoms with Crippen molar-refractivity contribution in [1.29, 1.82) is 0 Å². The number of rotatable bonds is 2. The molecule has 3 nitrogen and oxygen atoms in total. The van der Waals surface area contributed by atoms with Crippen LogP contribution in [0.4, 0.5) is 0 Å². The van der Waals surface area contributed by atoms with E-state index in [-0.39, 0.29) is 5.56 Å². The molecular weight excluding hydrogens is 279 g/mol. The van der Waals surface area contributed by atoms with Crippen LogP contribution in [0.25, 0.3) is 0 Å². The van der Waals surface area contributed by atoms with E-state index in [9.17, 15) is 4.79 Å². The summed E-state index contributed by atoms with van der Waals surface area (Å²) in [4.78, 5) is 11.3. The molecule has 0 unspecified atom stereocenters. The van der Waals surface area contributed by atoms with Crippen LogP contribution in [0.3, 0.4) is 0 Å². The number of aromatic nitrogens is 2. The third-order valence-corrected chi connectivity index (χ3v) is 2.05. The Labute approximate surface area is 90.3 Å². The largest absolute Gasteiger partial charge is 0.268 e. The Balaban J connectivity index is 2.76. The van der Waals surface area contributed by atoms with Crippen molar-refractivity contribution in [2.75, 3.05) is 0 Å². The first-order valence-electron chi connectivity index (χ1n) is 3.86. The lowest BCUT2D eigenvalue weighted by Crippen LogP contribution is -2.21. The maximum absolute atomic E-state index is 11.3. The molecule has 0 aliphatic heterocycles. The first-order valence-corrected chi connectivity index (χ1v) is 4.94. The van der Waals surface area contributed by atoms with Crippen LogP contribution in [0.5, 0.6) is 0 Å². The smallest absolute Gasteiger partial charge is 0.267 e. The molecule has 0 bridgehead atoms. The molecule has 0 aromatic carbocycles. The van der Waals surface area contributed by atoms with Gasteiger partial charge in [-0.3, -0.25) is 4.79 Å². The molecule has 1 aromatic rings. The Morgan fingerprint density at radius 1 is 1.69 bits per heavy atom. The molecule has 4 heteroatoms.